The fraction of sp³-hybridized carbons (Fsp3) is 0.333. The van der Waals surface area contributed by atoms with Gasteiger partial charge in [0, 0.05) is 29.8 Å². The van der Waals surface area contributed by atoms with Crippen molar-refractivity contribution in [3.05, 3.63) is 82.9 Å². The van der Waals surface area contributed by atoms with Gasteiger partial charge in [-0.25, -0.2) is 0 Å². The number of nitrogens with one attached hydrogen (secondary N) is 1. The molecule has 1 fully saturated rings. The summed E-state index contributed by atoms with van der Waals surface area (Å²) in [6, 6.07) is 17.1. The summed E-state index contributed by atoms with van der Waals surface area (Å²) in [4.78, 5) is 6.97. The van der Waals surface area contributed by atoms with E-state index in [-0.39, 0.29) is 12.1 Å². The molecule has 2 aromatic heterocycles. The first kappa shape index (κ1) is 19.6. The fourth-order valence-electron chi connectivity index (χ4n) is 4.50. The van der Waals surface area contributed by atoms with Crippen molar-refractivity contribution >= 4 is 17.3 Å². The van der Waals surface area contributed by atoms with E-state index in [9.17, 15) is 0 Å². The number of pyridine rings is 1. The van der Waals surface area contributed by atoms with Crippen LogP contribution in [0, 0.1) is 20.8 Å². The predicted octanol–water partition coefficient (Wildman–Crippen LogP) is 5.18. The fourth-order valence-corrected chi connectivity index (χ4v) is 4.83. The molecule has 0 bridgehead atoms. The van der Waals surface area contributed by atoms with Gasteiger partial charge in [0.25, 0.3) is 0 Å². The summed E-state index contributed by atoms with van der Waals surface area (Å²) in [5.41, 5.74) is 7.34. The van der Waals surface area contributed by atoms with E-state index in [2.05, 4.69) is 83.9 Å². The molecule has 0 spiro atoms. The van der Waals surface area contributed by atoms with E-state index in [1.807, 2.05) is 18.3 Å². The zero-order valence-corrected chi connectivity index (χ0v) is 18.3. The van der Waals surface area contributed by atoms with Crippen LogP contribution in [0.1, 0.15) is 53.6 Å². The lowest BCUT2D eigenvalue weighted by molar-refractivity contribution is 0.316. The molecule has 1 aromatic carbocycles. The summed E-state index contributed by atoms with van der Waals surface area (Å²) >= 11 is 5.74. The maximum atomic E-state index is 5.74. The Labute approximate surface area is 178 Å². The molecular formula is C24H28N4S. The van der Waals surface area contributed by atoms with E-state index >= 15 is 0 Å². The van der Waals surface area contributed by atoms with Crippen molar-refractivity contribution in [1.29, 1.82) is 0 Å². The van der Waals surface area contributed by atoms with E-state index in [0.29, 0.717) is 0 Å². The molecule has 4 rings (SSSR count). The highest BCUT2D eigenvalue weighted by molar-refractivity contribution is 7.80. The number of hydrogen-bond donors (Lipinski definition) is 1. The summed E-state index contributed by atoms with van der Waals surface area (Å²) in [6.45, 7) is 9.69. The summed E-state index contributed by atoms with van der Waals surface area (Å²) in [5, 5.41) is 4.36. The number of hydrogen-bond acceptors (Lipinski definition) is 2. The van der Waals surface area contributed by atoms with E-state index in [1.165, 1.54) is 28.2 Å². The number of rotatable bonds is 5. The first-order chi connectivity index (χ1) is 14.0. The number of aryl methyl sites for hydroxylation is 2. The number of nitrogens with zero attached hydrogens (tertiary/aromatic N) is 3. The number of aromatic nitrogens is 2. The van der Waals surface area contributed by atoms with Gasteiger partial charge in [0.15, 0.2) is 5.11 Å². The third kappa shape index (κ3) is 3.44. The zero-order valence-electron chi connectivity index (χ0n) is 17.5. The molecule has 1 aliphatic heterocycles. The Bertz CT molecular complexity index is 1020. The van der Waals surface area contributed by atoms with Gasteiger partial charge in [0.2, 0.25) is 0 Å². The van der Waals surface area contributed by atoms with Gasteiger partial charge in [-0.05, 0) is 74.8 Å². The molecule has 2 atom stereocenters. The molecule has 0 radical (unpaired) electrons. The third-order valence-electron chi connectivity index (χ3n) is 5.81. The summed E-state index contributed by atoms with van der Waals surface area (Å²) in [6.07, 6.45) is 2.90. The molecule has 1 aliphatic rings. The normalized spacial score (nSPS) is 18.9. The highest BCUT2D eigenvalue weighted by atomic mass is 32.1. The van der Waals surface area contributed by atoms with Crippen LogP contribution in [-0.4, -0.2) is 26.1 Å². The van der Waals surface area contributed by atoms with Gasteiger partial charge in [-0.3, -0.25) is 4.98 Å². The van der Waals surface area contributed by atoms with Crippen LogP contribution < -0.4 is 5.32 Å². The summed E-state index contributed by atoms with van der Waals surface area (Å²) < 4.78 is 2.37. The monoisotopic (exact) mass is 404 g/mol. The topological polar surface area (TPSA) is 33.1 Å². The van der Waals surface area contributed by atoms with Crippen molar-refractivity contribution in [2.45, 2.75) is 46.2 Å². The number of benzene rings is 1. The highest BCUT2D eigenvalue weighted by Gasteiger charge is 2.40. The summed E-state index contributed by atoms with van der Waals surface area (Å²) in [5.74, 6) is 0. The standard InChI is InChI=1S/C24H28N4S/c1-5-14-27-23(22(26-24(27)29)20-11-8-9-13-25-20)19-15-17(3)28(18(19)4)21-12-7-6-10-16(21)2/h6-13,15,22-23H,5,14H2,1-4H3,(H,26,29)/t22-,23-/m1/s1. The van der Waals surface area contributed by atoms with Gasteiger partial charge >= 0.3 is 0 Å². The van der Waals surface area contributed by atoms with Crippen LogP contribution in [0.4, 0.5) is 0 Å². The maximum absolute atomic E-state index is 5.74. The van der Waals surface area contributed by atoms with Crippen LogP contribution in [0.3, 0.4) is 0 Å². The Morgan fingerprint density at radius 2 is 1.83 bits per heavy atom. The molecule has 1 saturated heterocycles. The molecule has 4 nitrogen and oxygen atoms in total. The second kappa shape index (κ2) is 7.99. The predicted molar refractivity (Wildman–Crippen MR) is 122 cm³/mol. The minimum absolute atomic E-state index is 0.0427. The van der Waals surface area contributed by atoms with Crippen molar-refractivity contribution in [1.82, 2.24) is 19.8 Å². The highest BCUT2D eigenvalue weighted by Crippen LogP contribution is 2.41. The van der Waals surface area contributed by atoms with Gasteiger partial charge in [-0.1, -0.05) is 31.2 Å². The van der Waals surface area contributed by atoms with Crippen LogP contribution in [0.15, 0.2) is 54.7 Å². The Morgan fingerprint density at radius 3 is 2.52 bits per heavy atom. The molecule has 150 valence electrons. The quantitative estimate of drug-likeness (QED) is 0.594. The second-order valence-corrected chi connectivity index (χ2v) is 8.16. The lowest BCUT2D eigenvalue weighted by Gasteiger charge is -2.28. The van der Waals surface area contributed by atoms with Gasteiger partial charge in [-0.15, -0.1) is 0 Å². The Hall–Kier alpha value is -2.66. The second-order valence-electron chi connectivity index (χ2n) is 7.77. The van der Waals surface area contributed by atoms with E-state index in [1.54, 1.807) is 0 Å². The molecule has 0 saturated carbocycles. The van der Waals surface area contributed by atoms with Crippen molar-refractivity contribution in [2.75, 3.05) is 6.54 Å². The van der Waals surface area contributed by atoms with Crippen molar-refractivity contribution in [2.24, 2.45) is 0 Å². The smallest absolute Gasteiger partial charge is 0.170 e. The minimum Gasteiger partial charge on any atom is -0.352 e. The zero-order chi connectivity index (χ0) is 20.5. The SMILES string of the molecule is CCCN1C(=S)N[C@H](c2ccccn2)[C@H]1c1cc(C)n(-c2ccccc2C)c1C. The van der Waals surface area contributed by atoms with Gasteiger partial charge in [0.05, 0.1) is 17.8 Å². The van der Waals surface area contributed by atoms with Crippen LogP contribution in [0.25, 0.3) is 5.69 Å². The molecule has 0 unspecified atom stereocenters. The molecule has 3 aromatic rings. The average Bonchev–Trinajstić information content (AvgIpc) is 3.19. The largest absolute Gasteiger partial charge is 0.352 e. The summed E-state index contributed by atoms with van der Waals surface area (Å²) in [7, 11) is 0. The average molecular weight is 405 g/mol. The van der Waals surface area contributed by atoms with Gasteiger partial charge in [0.1, 0.15) is 0 Å². The number of thiocarbonyl (C=S) groups is 1. The van der Waals surface area contributed by atoms with Crippen LogP contribution in [0.2, 0.25) is 0 Å². The minimum atomic E-state index is 0.0427. The lowest BCUT2D eigenvalue weighted by Crippen LogP contribution is -2.30. The molecular weight excluding hydrogens is 376 g/mol. The van der Waals surface area contributed by atoms with Gasteiger partial charge < -0.3 is 14.8 Å². The van der Waals surface area contributed by atoms with E-state index in [4.69, 9.17) is 12.2 Å². The molecule has 3 heterocycles. The van der Waals surface area contributed by atoms with Gasteiger partial charge in [-0.2, -0.15) is 0 Å². The molecule has 1 N–H and O–H groups in total. The lowest BCUT2D eigenvalue weighted by atomic mass is 9.96. The first-order valence-electron chi connectivity index (χ1n) is 10.3. The Kier molecular flexibility index (Phi) is 5.41. The third-order valence-corrected chi connectivity index (χ3v) is 6.16. The van der Waals surface area contributed by atoms with Crippen LogP contribution in [-0.2, 0) is 0 Å². The molecule has 0 amide bonds. The van der Waals surface area contributed by atoms with Crippen molar-refractivity contribution in [3.63, 3.8) is 0 Å². The van der Waals surface area contributed by atoms with Crippen LogP contribution >= 0.6 is 12.2 Å². The molecule has 0 aliphatic carbocycles. The first-order valence-corrected chi connectivity index (χ1v) is 10.7. The molecule has 5 heteroatoms. The van der Waals surface area contributed by atoms with Crippen molar-refractivity contribution < 1.29 is 0 Å². The molecule has 29 heavy (non-hydrogen) atoms. The van der Waals surface area contributed by atoms with E-state index in [0.717, 1.165) is 23.8 Å². The number of para-hydroxylation sites is 1. The van der Waals surface area contributed by atoms with Crippen molar-refractivity contribution in [3.8, 4) is 5.69 Å². The van der Waals surface area contributed by atoms with Crippen LogP contribution in [0.5, 0.6) is 0 Å². The Morgan fingerprint density at radius 1 is 1.07 bits per heavy atom. The van der Waals surface area contributed by atoms with E-state index < -0.39 is 0 Å². The Balaban J connectivity index is 1.85. The maximum Gasteiger partial charge on any atom is 0.170 e.